The minimum atomic E-state index is -0.822. The van der Waals surface area contributed by atoms with Crippen molar-refractivity contribution >= 4 is 11.6 Å². The van der Waals surface area contributed by atoms with Gasteiger partial charge < -0.3 is 9.84 Å². The average molecular weight is 402 g/mol. The van der Waals surface area contributed by atoms with Crippen molar-refractivity contribution in [2.24, 2.45) is 0 Å². The maximum absolute atomic E-state index is 11.1. The fourth-order valence-electron chi connectivity index (χ4n) is 3.93. The lowest BCUT2D eigenvalue weighted by molar-refractivity contribution is -0.0621. The maximum Gasteiger partial charge on any atom is 0.120 e. The van der Waals surface area contributed by atoms with Crippen LogP contribution in [-0.4, -0.2) is 35.3 Å². The van der Waals surface area contributed by atoms with Crippen LogP contribution in [0.15, 0.2) is 36.4 Å². The van der Waals surface area contributed by atoms with E-state index in [0.29, 0.717) is 19.1 Å². The van der Waals surface area contributed by atoms with Crippen molar-refractivity contribution < 1.29 is 9.84 Å². The van der Waals surface area contributed by atoms with Gasteiger partial charge in [-0.25, -0.2) is 0 Å². The summed E-state index contributed by atoms with van der Waals surface area (Å²) in [4.78, 5) is 2.33. The number of halogens is 1. The molecule has 0 saturated carbocycles. The molecule has 28 heavy (non-hydrogen) atoms. The second kappa shape index (κ2) is 8.86. The minimum absolute atomic E-state index is 0.302. The number of rotatable bonds is 6. The normalized spacial score (nSPS) is 20.5. The predicted octanol–water partition coefficient (Wildman–Crippen LogP) is 5.49. The van der Waals surface area contributed by atoms with Crippen molar-refractivity contribution in [2.75, 3.05) is 19.7 Å². The predicted molar refractivity (Wildman–Crippen MR) is 116 cm³/mol. The Balaban J connectivity index is 1.60. The molecule has 4 heteroatoms. The molecule has 0 aliphatic carbocycles. The van der Waals surface area contributed by atoms with Gasteiger partial charge in [-0.15, -0.1) is 0 Å². The van der Waals surface area contributed by atoms with Crippen molar-refractivity contribution in [1.29, 1.82) is 0 Å². The molecule has 0 radical (unpaired) electrons. The van der Waals surface area contributed by atoms with Crippen LogP contribution in [0.25, 0.3) is 0 Å². The smallest absolute Gasteiger partial charge is 0.120 e. The highest BCUT2D eigenvalue weighted by atomic mass is 35.5. The third-order valence-corrected chi connectivity index (χ3v) is 6.20. The van der Waals surface area contributed by atoms with Gasteiger partial charge in [-0.1, -0.05) is 49.7 Å². The first-order chi connectivity index (χ1) is 13.3. The monoisotopic (exact) mass is 401 g/mol. The van der Waals surface area contributed by atoms with Crippen LogP contribution >= 0.6 is 11.6 Å². The Labute approximate surface area is 174 Å². The molecule has 2 aromatic rings. The van der Waals surface area contributed by atoms with E-state index in [2.05, 4.69) is 43.0 Å². The highest BCUT2D eigenvalue weighted by molar-refractivity contribution is 6.32. The number of piperidine rings is 1. The summed E-state index contributed by atoms with van der Waals surface area (Å²) >= 11 is 6.24. The standard InChI is InChI=1S/C24H32ClNO2/c1-17(2)21-8-6-20(7-9-21)14-26-11-5-10-24(27,15-26)16-28-22-12-18(3)23(25)19(4)13-22/h6-9,12-13,17,27H,5,10-11,14-16H2,1-4H3. The number of benzene rings is 2. The lowest BCUT2D eigenvalue weighted by Crippen LogP contribution is -2.51. The Morgan fingerprint density at radius 1 is 1.14 bits per heavy atom. The van der Waals surface area contributed by atoms with Gasteiger partial charge in [-0.05, 0) is 73.5 Å². The summed E-state index contributed by atoms with van der Waals surface area (Å²) in [6.45, 7) is 11.2. The van der Waals surface area contributed by atoms with Gasteiger partial charge in [0.05, 0.1) is 0 Å². The number of nitrogens with zero attached hydrogens (tertiary/aromatic N) is 1. The number of hydrogen-bond acceptors (Lipinski definition) is 3. The average Bonchev–Trinajstić information content (AvgIpc) is 2.65. The Kier molecular flexibility index (Phi) is 6.69. The first-order valence-corrected chi connectivity index (χ1v) is 10.6. The molecule has 0 amide bonds. The van der Waals surface area contributed by atoms with Gasteiger partial charge in [0.15, 0.2) is 0 Å². The molecule has 3 nitrogen and oxygen atoms in total. The Morgan fingerprint density at radius 2 is 1.79 bits per heavy atom. The third-order valence-electron chi connectivity index (χ3n) is 5.60. The summed E-state index contributed by atoms with van der Waals surface area (Å²) in [6.07, 6.45) is 1.74. The molecule has 1 saturated heterocycles. The summed E-state index contributed by atoms with van der Waals surface area (Å²) in [5.41, 5.74) is 3.83. The second-order valence-electron chi connectivity index (χ2n) is 8.59. The highest BCUT2D eigenvalue weighted by Crippen LogP contribution is 2.28. The van der Waals surface area contributed by atoms with Gasteiger partial charge in [0, 0.05) is 18.1 Å². The molecule has 1 fully saturated rings. The molecule has 2 aromatic carbocycles. The lowest BCUT2D eigenvalue weighted by atomic mass is 9.93. The molecule has 3 rings (SSSR count). The molecule has 1 aliphatic heterocycles. The van der Waals surface area contributed by atoms with E-state index in [9.17, 15) is 5.11 Å². The fraction of sp³-hybridized carbons (Fsp3) is 0.500. The van der Waals surface area contributed by atoms with Gasteiger partial charge in [-0.2, -0.15) is 0 Å². The zero-order valence-electron chi connectivity index (χ0n) is 17.5. The van der Waals surface area contributed by atoms with E-state index in [1.165, 1.54) is 11.1 Å². The van der Waals surface area contributed by atoms with E-state index in [4.69, 9.17) is 16.3 Å². The molecule has 0 spiro atoms. The fourth-order valence-corrected chi connectivity index (χ4v) is 4.04. The van der Waals surface area contributed by atoms with Crippen molar-refractivity contribution in [1.82, 2.24) is 4.90 Å². The van der Waals surface area contributed by atoms with Gasteiger partial charge in [0.1, 0.15) is 18.0 Å². The third kappa shape index (κ3) is 5.28. The topological polar surface area (TPSA) is 32.7 Å². The van der Waals surface area contributed by atoms with Gasteiger partial charge in [0.25, 0.3) is 0 Å². The molecule has 1 N–H and O–H groups in total. The molecular weight excluding hydrogens is 370 g/mol. The first-order valence-electron chi connectivity index (χ1n) is 10.2. The Morgan fingerprint density at radius 3 is 2.39 bits per heavy atom. The van der Waals surface area contributed by atoms with Crippen molar-refractivity contribution in [3.05, 3.63) is 63.7 Å². The largest absolute Gasteiger partial charge is 0.491 e. The quantitative estimate of drug-likeness (QED) is 0.695. The van der Waals surface area contributed by atoms with E-state index in [0.717, 1.165) is 47.8 Å². The maximum atomic E-state index is 11.1. The number of ether oxygens (including phenoxy) is 1. The summed E-state index contributed by atoms with van der Waals surface area (Å²) in [7, 11) is 0. The van der Waals surface area contributed by atoms with Gasteiger partial charge in [-0.3, -0.25) is 4.90 Å². The van der Waals surface area contributed by atoms with Crippen molar-refractivity contribution in [2.45, 2.75) is 58.6 Å². The van der Waals surface area contributed by atoms with Crippen molar-refractivity contribution in [3.63, 3.8) is 0 Å². The number of likely N-dealkylation sites (tertiary alicyclic amines) is 1. The molecular formula is C24H32ClNO2. The van der Waals surface area contributed by atoms with Crippen LogP contribution in [0.2, 0.25) is 5.02 Å². The number of β-amino-alcohol motifs (C(OH)–C–C–N with tert-alkyl or cyclic N) is 1. The molecule has 0 bridgehead atoms. The van der Waals surface area contributed by atoms with Crippen molar-refractivity contribution in [3.8, 4) is 5.75 Å². The van der Waals surface area contributed by atoms with E-state index >= 15 is 0 Å². The van der Waals surface area contributed by atoms with Crippen LogP contribution in [0.5, 0.6) is 5.75 Å². The second-order valence-corrected chi connectivity index (χ2v) is 8.97. The molecule has 1 heterocycles. The summed E-state index contributed by atoms with van der Waals surface area (Å²) in [5, 5.41) is 11.9. The van der Waals surface area contributed by atoms with Crippen LogP contribution in [0, 0.1) is 13.8 Å². The lowest BCUT2D eigenvalue weighted by Gasteiger charge is -2.39. The van der Waals surface area contributed by atoms with Crippen LogP contribution in [-0.2, 0) is 6.54 Å². The van der Waals surface area contributed by atoms with Gasteiger partial charge in [0.2, 0.25) is 0 Å². The zero-order valence-corrected chi connectivity index (χ0v) is 18.2. The van der Waals surface area contributed by atoms with Crippen LogP contribution in [0.4, 0.5) is 0 Å². The molecule has 1 unspecified atom stereocenters. The van der Waals surface area contributed by atoms with E-state index in [1.807, 2.05) is 26.0 Å². The zero-order chi connectivity index (χ0) is 20.3. The van der Waals surface area contributed by atoms with Gasteiger partial charge >= 0.3 is 0 Å². The summed E-state index contributed by atoms with van der Waals surface area (Å²) < 4.78 is 5.97. The SMILES string of the molecule is Cc1cc(OCC2(O)CCCN(Cc3ccc(C(C)C)cc3)C2)cc(C)c1Cl. The highest BCUT2D eigenvalue weighted by Gasteiger charge is 2.34. The summed E-state index contributed by atoms with van der Waals surface area (Å²) in [6, 6.07) is 12.7. The molecule has 1 aliphatic rings. The van der Waals surface area contributed by atoms with Crippen LogP contribution in [0.3, 0.4) is 0 Å². The molecule has 1 atom stereocenters. The Bertz CT molecular complexity index is 780. The molecule has 0 aromatic heterocycles. The van der Waals surface area contributed by atoms with Crippen LogP contribution in [0.1, 0.15) is 54.9 Å². The van der Waals surface area contributed by atoms with E-state index in [-0.39, 0.29) is 0 Å². The minimum Gasteiger partial charge on any atom is -0.491 e. The Hall–Kier alpha value is -1.55. The molecule has 152 valence electrons. The summed E-state index contributed by atoms with van der Waals surface area (Å²) in [5.74, 6) is 1.32. The van der Waals surface area contributed by atoms with E-state index < -0.39 is 5.60 Å². The number of aliphatic hydroxyl groups is 1. The van der Waals surface area contributed by atoms with Crippen LogP contribution < -0.4 is 4.74 Å². The first kappa shape index (κ1) is 21.2. The van der Waals surface area contributed by atoms with E-state index in [1.54, 1.807) is 0 Å². The number of hydrogen-bond donors (Lipinski definition) is 1. The number of aryl methyl sites for hydroxylation is 2.